The second kappa shape index (κ2) is 5.35. The minimum Gasteiger partial charge on any atom is -0.352 e. The second-order valence-corrected chi connectivity index (χ2v) is 4.10. The summed E-state index contributed by atoms with van der Waals surface area (Å²) in [4.78, 5) is 14.1. The van der Waals surface area contributed by atoms with Crippen molar-refractivity contribution in [3.63, 3.8) is 0 Å². The molecule has 0 saturated carbocycles. The number of carbonyl (C=O) groups excluding carboxylic acids is 1. The molecule has 0 aromatic carbocycles. The number of rotatable bonds is 4. The summed E-state index contributed by atoms with van der Waals surface area (Å²) in [6.07, 6.45) is 3.19. The summed E-state index contributed by atoms with van der Waals surface area (Å²) in [6, 6.07) is 0.441. The van der Waals surface area contributed by atoms with E-state index in [1.165, 1.54) is 0 Å². The molecule has 1 amide bonds. The number of amides is 1. The lowest BCUT2D eigenvalue weighted by Gasteiger charge is -2.23. The molecule has 1 aliphatic rings. The van der Waals surface area contributed by atoms with Gasteiger partial charge in [-0.3, -0.25) is 9.69 Å². The molecule has 0 aliphatic carbocycles. The lowest BCUT2D eigenvalue weighted by molar-refractivity contribution is -0.126. The van der Waals surface area contributed by atoms with Crippen molar-refractivity contribution in [2.24, 2.45) is 0 Å². The van der Waals surface area contributed by atoms with Gasteiger partial charge in [0, 0.05) is 6.04 Å². The molecule has 3 heteroatoms. The van der Waals surface area contributed by atoms with Gasteiger partial charge in [-0.2, -0.15) is 0 Å². The standard InChI is InChI=1S/C11H22N2O/c1-4-9(3)12-11(14)10-7-6-8-13(10)5-2/h9-10H,4-8H2,1-3H3,(H,12,14). The quantitative estimate of drug-likeness (QED) is 0.740. The van der Waals surface area contributed by atoms with Crippen LogP contribution in [-0.2, 0) is 4.79 Å². The molecule has 1 heterocycles. The predicted octanol–water partition coefficient (Wildman–Crippen LogP) is 1.39. The van der Waals surface area contributed by atoms with Crippen molar-refractivity contribution in [2.75, 3.05) is 13.1 Å². The molecule has 0 spiro atoms. The third-order valence-corrected chi connectivity index (χ3v) is 3.07. The summed E-state index contributed by atoms with van der Waals surface area (Å²) < 4.78 is 0. The molecule has 0 aromatic heterocycles. The van der Waals surface area contributed by atoms with E-state index in [-0.39, 0.29) is 11.9 Å². The van der Waals surface area contributed by atoms with E-state index in [4.69, 9.17) is 0 Å². The van der Waals surface area contributed by atoms with Crippen molar-refractivity contribution in [3.8, 4) is 0 Å². The van der Waals surface area contributed by atoms with E-state index in [2.05, 4.69) is 31.0 Å². The molecule has 0 bridgehead atoms. The van der Waals surface area contributed by atoms with Gasteiger partial charge < -0.3 is 5.32 Å². The van der Waals surface area contributed by atoms with Crippen molar-refractivity contribution >= 4 is 5.91 Å². The van der Waals surface area contributed by atoms with Crippen LogP contribution in [0.15, 0.2) is 0 Å². The van der Waals surface area contributed by atoms with Crippen molar-refractivity contribution < 1.29 is 4.79 Å². The van der Waals surface area contributed by atoms with E-state index < -0.39 is 0 Å². The Morgan fingerprint density at radius 3 is 2.86 bits per heavy atom. The van der Waals surface area contributed by atoms with Crippen molar-refractivity contribution in [1.82, 2.24) is 10.2 Å². The highest BCUT2D eigenvalue weighted by atomic mass is 16.2. The van der Waals surface area contributed by atoms with E-state index in [0.29, 0.717) is 6.04 Å². The molecule has 14 heavy (non-hydrogen) atoms. The van der Waals surface area contributed by atoms with Crippen LogP contribution in [0.3, 0.4) is 0 Å². The predicted molar refractivity (Wildman–Crippen MR) is 58.2 cm³/mol. The minimum atomic E-state index is 0.133. The summed E-state index contributed by atoms with van der Waals surface area (Å²) in [5.74, 6) is 0.221. The first-order valence-electron chi connectivity index (χ1n) is 5.73. The molecule has 0 radical (unpaired) electrons. The maximum Gasteiger partial charge on any atom is 0.237 e. The Morgan fingerprint density at radius 2 is 2.29 bits per heavy atom. The molecule has 1 saturated heterocycles. The average Bonchev–Trinajstić information content (AvgIpc) is 2.65. The van der Waals surface area contributed by atoms with Gasteiger partial charge in [0.15, 0.2) is 0 Å². The fourth-order valence-corrected chi connectivity index (χ4v) is 1.94. The Hall–Kier alpha value is -0.570. The van der Waals surface area contributed by atoms with Crippen molar-refractivity contribution in [1.29, 1.82) is 0 Å². The maximum absolute atomic E-state index is 11.8. The fourth-order valence-electron chi connectivity index (χ4n) is 1.94. The summed E-state index contributed by atoms with van der Waals surface area (Å²) >= 11 is 0. The van der Waals surface area contributed by atoms with Gasteiger partial charge in [-0.05, 0) is 39.3 Å². The highest BCUT2D eigenvalue weighted by molar-refractivity contribution is 5.82. The van der Waals surface area contributed by atoms with Crippen LogP contribution in [0.5, 0.6) is 0 Å². The maximum atomic E-state index is 11.8. The molecule has 3 nitrogen and oxygen atoms in total. The smallest absolute Gasteiger partial charge is 0.237 e. The van der Waals surface area contributed by atoms with Crippen LogP contribution in [0, 0.1) is 0 Å². The van der Waals surface area contributed by atoms with Gasteiger partial charge in [-0.1, -0.05) is 13.8 Å². The van der Waals surface area contributed by atoms with Crippen LogP contribution < -0.4 is 5.32 Å². The van der Waals surface area contributed by atoms with Gasteiger partial charge in [0.05, 0.1) is 6.04 Å². The Morgan fingerprint density at radius 1 is 1.57 bits per heavy atom. The highest BCUT2D eigenvalue weighted by Crippen LogP contribution is 2.16. The van der Waals surface area contributed by atoms with Crippen molar-refractivity contribution in [2.45, 2.75) is 52.1 Å². The highest BCUT2D eigenvalue weighted by Gasteiger charge is 2.29. The minimum absolute atomic E-state index is 0.133. The first-order valence-corrected chi connectivity index (χ1v) is 5.73. The number of hydrogen-bond donors (Lipinski definition) is 1. The Bertz CT molecular complexity index is 194. The Labute approximate surface area is 86.9 Å². The van der Waals surface area contributed by atoms with E-state index in [1.54, 1.807) is 0 Å². The third kappa shape index (κ3) is 2.71. The van der Waals surface area contributed by atoms with Crippen LogP contribution in [0.2, 0.25) is 0 Å². The molecule has 1 fully saturated rings. The fraction of sp³-hybridized carbons (Fsp3) is 0.909. The number of nitrogens with zero attached hydrogens (tertiary/aromatic N) is 1. The zero-order chi connectivity index (χ0) is 10.6. The van der Waals surface area contributed by atoms with Crippen LogP contribution in [0.1, 0.15) is 40.0 Å². The number of carbonyl (C=O) groups is 1. The summed E-state index contributed by atoms with van der Waals surface area (Å²) in [7, 11) is 0. The molecule has 2 unspecified atom stereocenters. The molecule has 1 aliphatic heterocycles. The topological polar surface area (TPSA) is 32.3 Å². The summed E-state index contributed by atoms with van der Waals surface area (Å²) in [6.45, 7) is 8.34. The Kier molecular flexibility index (Phi) is 4.39. The van der Waals surface area contributed by atoms with Gasteiger partial charge in [0.2, 0.25) is 5.91 Å². The van der Waals surface area contributed by atoms with Crippen LogP contribution in [-0.4, -0.2) is 36.0 Å². The lowest BCUT2D eigenvalue weighted by atomic mass is 10.2. The number of likely N-dealkylation sites (tertiary alicyclic amines) is 1. The van der Waals surface area contributed by atoms with Gasteiger partial charge in [-0.15, -0.1) is 0 Å². The number of nitrogens with one attached hydrogen (secondary N) is 1. The number of hydrogen-bond acceptors (Lipinski definition) is 2. The van der Waals surface area contributed by atoms with Gasteiger partial charge in [0.1, 0.15) is 0 Å². The zero-order valence-corrected chi connectivity index (χ0v) is 9.55. The van der Waals surface area contributed by atoms with E-state index >= 15 is 0 Å². The molecule has 2 atom stereocenters. The Balaban J connectivity index is 2.43. The third-order valence-electron chi connectivity index (χ3n) is 3.07. The molecule has 1 rings (SSSR count). The normalized spacial score (nSPS) is 24.9. The lowest BCUT2D eigenvalue weighted by Crippen LogP contribution is -2.45. The monoisotopic (exact) mass is 198 g/mol. The molecular weight excluding hydrogens is 176 g/mol. The molecule has 82 valence electrons. The van der Waals surface area contributed by atoms with Gasteiger partial charge >= 0.3 is 0 Å². The number of likely N-dealkylation sites (N-methyl/N-ethyl adjacent to an activating group) is 1. The van der Waals surface area contributed by atoms with Crippen molar-refractivity contribution in [3.05, 3.63) is 0 Å². The van der Waals surface area contributed by atoms with Gasteiger partial charge in [-0.25, -0.2) is 0 Å². The second-order valence-electron chi connectivity index (χ2n) is 4.10. The molecule has 1 N–H and O–H groups in total. The van der Waals surface area contributed by atoms with E-state index in [9.17, 15) is 4.79 Å². The van der Waals surface area contributed by atoms with Crippen LogP contribution >= 0.6 is 0 Å². The first-order chi connectivity index (χ1) is 6.69. The summed E-state index contributed by atoms with van der Waals surface area (Å²) in [5.41, 5.74) is 0. The van der Waals surface area contributed by atoms with Crippen LogP contribution in [0.25, 0.3) is 0 Å². The average molecular weight is 198 g/mol. The van der Waals surface area contributed by atoms with E-state index in [1.807, 2.05) is 0 Å². The first kappa shape index (κ1) is 11.5. The van der Waals surface area contributed by atoms with Crippen LogP contribution in [0.4, 0.5) is 0 Å². The SMILES string of the molecule is CCC(C)NC(=O)C1CCCN1CC. The largest absolute Gasteiger partial charge is 0.352 e. The zero-order valence-electron chi connectivity index (χ0n) is 9.55. The van der Waals surface area contributed by atoms with Gasteiger partial charge in [0.25, 0.3) is 0 Å². The molecular formula is C11H22N2O. The summed E-state index contributed by atoms with van der Waals surface area (Å²) in [5, 5.41) is 3.06. The van der Waals surface area contributed by atoms with E-state index in [0.717, 1.165) is 32.4 Å². The molecule has 0 aromatic rings.